The van der Waals surface area contributed by atoms with E-state index in [0.29, 0.717) is 46.1 Å². The minimum Gasteiger partial charge on any atom is -0.496 e. The zero-order valence-corrected chi connectivity index (χ0v) is 32.9. The molecule has 4 heterocycles. The Morgan fingerprint density at radius 2 is 1.67 bits per heavy atom. The van der Waals surface area contributed by atoms with Crippen LogP contribution in [0.2, 0.25) is 5.04 Å². The number of rotatable bonds is 14. The molecule has 1 saturated heterocycles. The van der Waals surface area contributed by atoms with Crippen molar-refractivity contribution in [3.05, 3.63) is 129 Å². The molecule has 3 aromatic carbocycles. The molecule has 0 unspecified atom stereocenters. The van der Waals surface area contributed by atoms with Gasteiger partial charge in [0.1, 0.15) is 33.5 Å². The Bertz CT molecular complexity index is 2390. The van der Waals surface area contributed by atoms with E-state index in [2.05, 4.69) is 29.4 Å². The number of thiophene rings is 1. The lowest BCUT2D eigenvalue weighted by molar-refractivity contribution is -0.122. The first kappa shape index (κ1) is 38.1. The monoisotopic (exact) mass is 782 g/mol. The zero-order chi connectivity index (χ0) is 38.9. The van der Waals surface area contributed by atoms with Crippen LogP contribution in [-0.4, -0.2) is 63.4 Å². The van der Waals surface area contributed by atoms with E-state index in [1.165, 1.54) is 58.4 Å². The Hall–Kier alpha value is -5.22. The Balaban J connectivity index is 1.27. The first-order chi connectivity index (χ1) is 26.5. The van der Waals surface area contributed by atoms with Crippen LogP contribution >= 0.6 is 11.3 Å². The number of hydrogen-bond acceptors (Lipinski definition) is 9. The lowest BCUT2D eigenvalue weighted by Gasteiger charge is -2.41. The van der Waals surface area contributed by atoms with Crippen molar-refractivity contribution in [2.75, 3.05) is 20.3 Å². The summed E-state index contributed by atoms with van der Waals surface area (Å²) in [5, 5.41) is 13.3. The molecule has 7 rings (SSSR count). The van der Waals surface area contributed by atoms with Crippen LogP contribution in [0.4, 0.5) is 4.39 Å². The van der Waals surface area contributed by atoms with E-state index in [9.17, 15) is 23.6 Å². The third-order valence-corrected chi connectivity index (χ3v) is 16.5. The highest BCUT2D eigenvalue weighted by Gasteiger charge is 2.49. The number of methoxy groups -OCH3 is 1. The molecule has 2 atom stereocenters. The highest BCUT2D eigenvalue weighted by Crippen LogP contribution is 2.40. The second kappa shape index (κ2) is 15.5. The van der Waals surface area contributed by atoms with Crippen molar-refractivity contribution in [1.29, 1.82) is 0 Å². The number of hydrogen-bond donors (Lipinski definition) is 2. The van der Waals surface area contributed by atoms with Gasteiger partial charge < -0.3 is 19.6 Å². The van der Waals surface area contributed by atoms with Crippen molar-refractivity contribution in [3.8, 4) is 10.8 Å². The molecular formula is C40H43FN6O6SSi. The lowest BCUT2D eigenvalue weighted by atomic mass is 10.1. The van der Waals surface area contributed by atoms with E-state index >= 15 is 0 Å². The van der Waals surface area contributed by atoms with Crippen LogP contribution in [0.15, 0.2) is 101 Å². The third kappa shape index (κ3) is 6.97. The molecule has 3 aromatic heterocycles. The van der Waals surface area contributed by atoms with E-state index < -0.39 is 48.5 Å². The number of carbonyl (C=O) groups excluding carboxylic acids is 1. The number of nitrogens with one attached hydrogen (secondary N) is 1. The summed E-state index contributed by atoms with van der Waals surface area (Å²) in [5.74, 6) is -0.571. The summed E-state index contributed by atoms with van der Waals surface area (Å²) >= 11 is 1.17. The van der Waals surface area contributed by atoms with Crippen molar-refractivity contribution in [2.24, 2.45) is 0 Å². The van der Waals surface area contributed by atoms with Crippen LogP contribution in [0.3, 0.4) is 0 Å². The molecule has 0 saturated carbocycles. The summed E-state index contributed by atoms with van der Waals surface area (Å²) in [5.41, 5.74) is -0.340. The molecule has 55 heavy (non-hydrogen) atoms. The second-order valence-corrected chi connectivity index (χ2v) is 19.3. The SMILES string of the molecule is COc1ccc(F)cc1[C@H](Cn1c(=O)n([C@H]2CCNC2=O)c(=O)c2c(C)c(-n3nccn3)sc21)OCCCC(C)(C)[Si](O)(c1ccccc1)c1ccccc1. The highest BCUT2D eigenvalue weighted by molar-refractivity contribution is 7.21. The summed E-state index contributed by atoms with van der Waals surface area (Å²) in [7, 11) is -1.82. The molecule has 0 spiro atoms. The van der Waals surface area contributed by atoms with Gasteiger partial charge in [0, 0.05) is 24.3 Å². The number of amides is 1. The molecule has 12 nitrogen and oxygen atoms in total. The molecule has 1 aliphatic heterocycles. The smallest absolute Gasteiger partial charge is 0.332 e. The van der Waals surface area contributed by atoms with Crippen LogP contribution in [-0.2, 0) is 16.1 Å². The first-order valence-corrected chi connectivity index (χ1v) is 20.9. The molecule has 0 bridgehead atoms. The van der Waals surface area contributed by atoms with E-state index in [1.54, 1.807) is 6.92 Å². The Morgan fingerprint density at radius 3 is 2.27 bits per heavy atom. The van der Waals surface area contributed by atoms with Crippen LogP contribution in [0.25, 0.3) is 15.2 Å². The summed E-state index contributed by atoms with van der Waals surface area (Å²) in [6.45, 7) is 6.30. The Morgan fingerprint density at radius 1 is 1.02 bits per heavy atom. The third-order valence-electron chi connectivity index (χ3n) is 10.7. The van der Waals surface area contributed by atoms with Gasteiger partial charge in [0.25, 0.3) is 13.9 Å². The maximum Gasteiger partial charge on any atom is 0.332 e. The standard InChI is InChI=1S/C40H43FN6O6SSi/c1-26-34-36(49)46(31-18-20-42-35(31)48)39(50)45(38(34)54-37(26)47-43-21-22-44-47)25-33(30-24-27(41)16-17-32(30)52-4)53-23-11-19-40(2,3)55(51,28-12-7-5-8-13-28)29-14-9-6-10-15-29/h5-10,12-17,21-22,24,31,33,51H,11,18-20,23,25H2,1-4H3,(H,42,48)/t31-,33-/m0/s1. The van der Waals surface area contributed by atoms with Crippen LogP contribution in [0.5, 0.6) is 5.75 Å². The van der Waals surface area contributed by atoms with Crippen molar-refractivity contribution in [1.82, 2.24) is 29.4 Å². The maximum atomic E-state index is 15.0. The van der Waals surface area contributed by atoms with E-state index in [-0.39, 0.29) is 25.0 Å². The van der Waals surface area contributed by atoms with Crippen LogP contribution in [0, 0.1) is 12.7 Å². The van der Waals surface area contributed by atoms with Gasteiger partial charge in [-0.15, -0.1) is 4.80 Å². The number of carbonyl (C=O) groups is 1. The van der Waals surface area contributed by atoms with Crippen molar-refractivity contribution < 1.29 is 23.5 Å². The minimum atomic E-state index is -3.29. The number of halogens is 1. The molecule has 1 amide bonds. The van der Waals surface area contributed by atoms with Gasteiger partial charge in [-0.2, -0.15) is 10.2 Å². The molecule has 2 N–H and O–H groups in total. The molecule has 1 aliphatic rings. The maximum absolute atomic E-state index is 15.0. The predicted octanol–water partition coefficient (Wildman–Crippen LogP) is 4.39. The van der Waals surface area contributed by atoms with Gasteiger partial charge in [0.05, 0.1) is 31.4 Å². The fourth-order valence-corrected chi connectivity index (χ4v) is 12.7. The fourth-order valence-electron chi connectivity index (χ4n) is 7.72. The van der Waals surface area contributed by atoms with Gasteiger partial charge in [0.2, 0.25) is 5.91 Å². The summed E-state index contributed by atoms with van der Waals surface area (Å²) < 4.78 is 29.7. The fraction of sp³-hybridized carbons (Fsp3) is 0.325. The Kier molecular flexibility index (Phi) is 10.7. The van der Waals surface area contributed by atoms with Gasteiger partial charge in [-0.05, 0) is 59.8 Å². The predicted molar refractivity (Wildman–Crippen MR) is 212 cm³/mol. The Labute approximate surface area is 321 Å². The lowest BCUT2D eigenvalue weighted by Crippen LogP contribution is -2.65. The number of aromatic nitrogens is 5. The van der Waals surface area contributed by atoms with Crippen molar-refractivity contribution in [2.45, 2.75) is 63.8 Å². The van der Waals surface area contributed by atoms with E-state index in [4.69, 9.17) is 9.47 Å². The van der Waals surface area contributed by atoms with E-state index in [1.807, 2.05) is 60.7 Å². The molecule has 15 heteroatoms. The number of aryl methyl sites for hydroxylation is 1. The molecule has 0 aliphatic carbocycles. The van der Waals surface area contributed by atoms with Gasteiger partial charge in [0.15, 0.2) is 0 Å². The topological polar surface area (TPSA) is 142 Å². The molecule has 0 radical (unpaired) electrons. The van der Waals surface area contributed by atoms with Gasteiger partial charge in [-0.1, -0.05) is 85.8 Å². The average Bonchev–Trinajstić information content (AvgIpc) is 3.95. The average molecular weight is 783 g/mol. The quantitative estimate of drug-likeness (QED) is 0.123. The van der Waals surface area contributed by atoms with Gasteiger partial charge in [-0.25, -0.2) is 13.8 Å². The second-order valence-electron chi connectivity index (χ2n) is 14.4. The van der Waals surface area contributed by atoms with Crippen LogP contribution < -0.4 is 31.7 Å². The summed E-state index contributed by atoms with van der Waals surface area (Å²) in [6, 6.07) is 22.7. The van der Waals surface area contributed by atoms with E-state index in [0.717, 1.165) is 14.9 Å². The molecule has 6 aromatic rings. The number of nitrogens with zero attached hydrogens (tertiary/aromatic N) is 5. The first-order valence-electron chi connectivity index (χ1n) is 18.2. The summed E-state index contributed by atoms with van der Waals surface area (Å²) in [6.07, 6.45) is 3.49. The highest BCUT2D eigenvalue weighted by atomic mass is 32.1. The number of fused-ring (bicyclic) bond motifs is 1. The van der Waals surface area contributed by atoms with Crippen molar-refractivity contribution >= 4 is 46.2 Å². The molecular weight excluding hydrogens is 740 g/mol. The number of benzene rings is 3. The molecule has 286 valence electrons. The minimum absolute atomic E-state index is 0.133. The normalized spacial score (nSPS) is 15.4. The summed E-state index contributed by atoms with van der Waals surface area (Å²) in [4.78, 5) is 56.0. The van der Waals surface area contributed by atoms with Gasteiger partial charge in [-0.3, -0.25) is 14.2 Å². The van der Waals surface area contributed by atoms with Crippen LogP contribution in [0.1, 0.15) is 56.4 Å². The molecule has 1 fully saturated rings. The zero-order valence-electron chi connectivity index (χ0n) is 31.1. The van der Waals surface area contributed by atoms with Gasteiger partial charge >= 0.3 is 5.69 Å². The largest absolute Gasteiger partial charge is 0.496 e. The number of ether oxygens (including phenoxy) is 2. The van der Waals surface area contributed by atoms with Crippen molar-refractivity contribution in [3.63, 3.8) is 0 Å².